The highest BCUT2D eigenvalue weighted by Gasteiger charge is 2.11. The van der Waals surface area contributed by atoms with Crippen LogP contribution in [0.5, 0.6) is 5.75 Å². The number of aliphatic imine (C=N–C) groups is 1. The monoisotopic (exact) mass is 423 g/mol. The number of nitrogens with one attached hydrogen (secondary N) is 2. The van der Waals surface area contributed by atoms with Gasteiger partial charge in [-0.05, 0) is 32.0 Å². The summed E-state index contributed by atoms with van der Waals surface area (Å²) in [7, 11) is 3.40. The molecule has 1 aromatic rings. The summed E-state index contributed by atoms with van der Waals surface area (Å²) in [4.78, 5) is 20.1. The number of guanidine groups is 1. The minimum Gasteiger partial charge on any atom is -0.486 e. The Hall–Kier alpha value is -2.39. The number of hydrogen-bond donors (Lipinski definition) is 2. The van der Waals surface area contributed by atoms with Gasteiger partial charge in [-0.3, -0.25) is 9.69 Å². The van der Waals surface area contributed by atoms with E-state index in [2.05, 4.69) is 20.5 Å². The first-order chi connectivity index (χ1) is 14.5. The van der Waals surface area contributed by atoms with Crippen LogP contribution in [0.1, 0.15) is 13.3 Å². The van der Waals surface area contributed by atoms with E-state index >= 15 is 0 Å². The van der Waals surface area contributed by atoms with Crippen molar-refractivity contribution in [2.24, 2.45) is 4.99 Å². The third kappa shape index (κ3) is 8.96. The van der Waals surface area contributed by atoms with Crippen LogP contribution in [0.3, 0.4) is 0 Å². The summed E-state index contributed by atoms with van der Waals surface area (Å²) in [6.45, 7) is 7.51. The molecule has 30 heavy (non-hydrogen) atoms. The Kier molecular flexibility index (Phi) is 10.4. The van der Waals surface area contributed by atoms with Crippen molar-refractivity contribution in [2.45, 2.75) is 19.4 Å². The third-order valence-electron chi connectivity index (χ3n) is 4.64. The van der Waals surface area contributed by atoms with E-state index in [1.807, 2.05) is 6.92 Å². The van der Waals surface area contributed by atoms with Crippen molar-refractivity contribution in [3.05, 3.63) is 30.1 Å². The summed E-state index contributed by atoms with van der Waals surface area (Å²) in [5, 5.41) is 6.44. The molecule has 1 atom stereocenters. The molecule has 1 unspecified atom stereocenters. The lowest BCUT2D eigenvalue weighted by Crippen LogP contribution is -2.44. The molecular formula is C21H34FN5O3. The number of likely N-dealkylation sites (N-methyl/N-ethyl adjacent to an activating group) is 1. The molecule has 0 saturated carbocycles. The van der Waals surface area contributed by atoms with E-state index in [-0.39, 0.29) is 24.3 Å². The van der Waals surface area contributed by atoms with Gasteiger partial charge in [-0.1, -0.05) is 12.1 Å². The molecule has 0 spiro atoms. The second kappa shape index (κ2) is 13.0. The van der Waals surface area contributed by atoms with Gasteiger partial charge in [0, 0.05) is 33.7 Å². The fraction of sp³-hybridized carbons (Fsp3) is 0.619. The number of ether oxygens (including phenoxy) is 2. The minimum absolute atomic E-state index is 0.0499. The fourth-order valence-electron chi connectivity index (χ4n) is 2.84. The van der Waals surface area contributed by atoms with E-state index in [4.69, 9.17) is 9.47 Å². The number of carbonyl (C=O) groups is 1. The Morgan fingerprint density at radius 3 is 2.73 bits per heavy atom. The molecule has 8 nitrogen and oxygen atoms in total. The first kappa shape index (κ1) is 23.9. The maximum Gasteiger partial charge on any atom is 0.243 e. The molecule has 1 saturated heterocycles. The topological polar surface area (TPSA) is 78.4 Å². The molecule has 1 amide bonds. The highest BCUT2D eigenvalue weighted by atomic mass is 19.1. The molecular weight excluding hydrogens is 389 g/mol. The number of hydrogen-bond acceptors (Lipinski definition) is 5. The van der Waals surface area contributed by atoms with Crippen molar-refractivity contribution in [1.29, 1.82) is 0 Å². The molecule has 0 radical (unpaired) electrons. The van der Waals surface area contributed by atoms with Crippen LogP contribution >= 0.6 is 0 Å². The van der Waals surface area contributed by atoms with E-state index in [0.29, 0.717) is 12.5 Å². The standard InChI is InChI=1S/C21H34FN5O3/c1-17(30-19-8-5-4-7-18(19)22)15-24-21(25-16-20(28)26(2)3)23-9-6-10-27-11-13-29-14-12-27/h4-5,7-8,17H,6,9-16H2,1-3H3,(H2,23,24,25). The number of carbonyl (C=O) groups excluding carboxylic acids is 1. The zero-order valence-corrected chi connectivity index (χ0v) is 18.2. The van der Waals surface area contributed by atoms with Gasteiger partial charge >= 0.3 is 0 Å². The SMILES string of the molecule is CC(CNC(=NCC(=O)N(C)C)NCCCN1CCOCC1)Oc1ccccc1F. The molecule has 1 fully saturated rings. The Labute approximate surface area is 178 Å². The molecule has 1 aliphatic heterocycles. The van der Waals surface area contributed by atoms with Crippen molar-refractivity contribution >= 4 is 11.9 Å². The van der Waals surface area contributed by atoms with E-state index in [0.717, 1.165) is 45.8 Å². The molecule has 0 bridgehead atoms. The average Bonchev–Trinajstić information content (AvgIpc) is 2.74. The van der Waals surface area contributed by atoms with Gasteiger partial charge in [-0.15, -0.1) is 0 Å². The normalized spacial score (nSPS) is 16.1. The lowest BCUT2D eigenvalue weighted by molar-refractivity contribution is -0.127. The van der Waals surface area contributed by atoms with Gasteiger partial charge < -0.3 is 25.0 Å². The Bertz CT molecular complexity index is 680. The first-order valence-electron chi connectivity index (χ1n) is 10.4. The first-order valence-corrected chi connectivity index (χ1v) is 10.4. The predicted molar refractivity (Wildman–Crippen MR) is 115 cm³/mol. The summed E-state index contributed by atoms with van der Waals surface area (Å²) >= 11 is 0. The molecule has 2 N–H and O–H groups in total. The van der Waals surface area contributed by atoms with Crippen molar-refractivity contribution in [3.63, 3.8) is 0 Å². The van der Waals surface area contributed by atoms with E-state index in [1.165, 1.54) is 11.0 Å². The largest absolute Gasteiger partial charge is 0.486 e. The third-order valence-corrected chi connectivity index (χ3v) is 4.64. The summed E-state index contributed by atoms with van der Waals surface area (Å²) in [5.74, 6) is 0.277. The number of halogens is 1. The number of benzene rings is 1. The molecule has 0 aromatic heterocycles. The maximum atomic E-state index is 13.8. The van der Waals surface area contributed by atoms with Gasteiger partial charge in [-0.2, -0.15) is 0 Å². The lowest BCUT2D eigenvalue weighted by Gasteiger charge is -2.26. The van der Waals surface area contributed by atoms with Crippen LogP contribution in [0.4, 0.5) is 4.39 Å². The van der Waals surface area contributed by atoms with Crippen LogP contribution in [-0.4, -0.2) is 94.3 Å². The molecule has 2 rings (SSSR count). The van der Waals surface area contributed by atoms with Crippen molar-refractivity contribution < 1.29 is 18.7 Å². The molecule has 0 aliphatic carbocycles. The second-order valence-corrected chi connectivity index (χ2v) is 7.43. The minimum atomic E-state index is -0.393. The van der Waals surface area contributed by atoms with Crippen LogP contribution in [0, 0.1) is 5.82 Å². The summed E-state index contributed by atoms with van der Waals surface area (Å²) < 4.78 is 24.8. The molecule has 1 heterocycles. The van der Waals surface area contributed by atoms with Gasteiger partial charge in [-0.25, -0.2) is 9.38 Å². The Morgan fingerprint density at radius 1 is 1.30 bits per heavy atom. The van der Waals surface area contributed by atoms with E-state index < -0.39 is 5.82 Å². The number of rotatable bonds is 10. The highest BCUT2D eigenvalue weighted by Crippen LogP contribution is 2.16. The van der Waals surface area contributed by atoms with Crippen LogP contribution in [0.25, 0.3) is 0 Å². The smallest absolute Gasteiger partial charge is 0.243 e. The van der Waals surface area contributed by atoms with Gasteiger partial charge in [0.25, 0.3) is 0 Å². The quantitative estimate of drug-likeness (QED) is 0.331. The molecule has 1 aromatic carbocycles. The number of morpholine rings is 1. The van der Waals surface area contributed by atoms with Crippen LogP contribution in [0.2, 0.25) is 0 Å². The van der Waals surface area contributed by atoms with Crippen molar-refractivity contribution in [3.8, 4) is 5.75 Å². The van der Waals surface area contributed by atoms with Crippen LogP contribution in [0.15, 0.2) is 29.3 Å². The molecule has 1 aliphatic rings. The second-order valence-electron chi connectivity index (χ2n) is 7.43. The van der Waals surface area contributed by atoms with E-state index in [9.17, 15) is 9.18 Å². The zero-order chi connectivity index (χ0) is 21.8. The van der Waals surface area contributed by atoms with Gasteiger partial charge in [0.1, 0.15) is 12.6 Å². The number of nitrogens with zero attached hydrogens (tertiary/aromatic N) is 3. The average molecular weight is 424 g/mol. The van der Waals surface area contributed by atoms with Gasteiger partial charge in [0.2, 0.25) is 5.91 Å². The van der Waals surface area contributed by atoms with Crippen molar-refractivity contribution in [2.75, 3.05) is 66.6 Å². The Morgan fingerprint density at radius 2 is 2.03 bits per heavy atom. The fourth-order valence-corrected chi connectivity index (χ4v) is 2.84. The maximum absolute atomic E-state index is 13.8. The van der Waals surface area contributed by atoms with Crippen LogP contribution < -0.4 is 15.4 Å². The Balaban J connectivity index is 1.81. The molecule has 168 valence electrons. The van der Waals surface area contributed by atoms with Crippen LogP contribution in [-0.2, 0) is 9.53 Å². The zero-order valence-electron chi connectivity index (χ0n) is 18.2. The van der Waals surface area contributed by atoms with E-state index in [1.54, 1.807) is 32.3 Å². The predicted octanol–water partition coefficient (Wildman–Crippen LogP) is 0.939. The molecule has 9 heteroatoms. The summed E-state index contributed by atoms with van der Waals surface area (Å²) in [6, 6.07) is 6.32. The van der Waals surface area contributed by atoms with Crippen molar-refractivity contribution in [1.82, 2.24) is 20.4 Å². The lowest BCUT2D eigenvalue weighted by atomic mass is 10.3. The summed E-state index contributed by atoms with van der Waals surface area (Å²) in [6.07, 6.45) is 0.663. The number of amides is 1. The van der Waals surface area contributed by atoms with Gasteiger partial charge in [0.05, 0.1) is 19.8 Å². The number of para-hydroxylation sites is 1. The highest BCUT2D eigenvalue weighted by molar-refractivity contribution is 5.84. The summed E-state index contributed by atoms with van der Waals surface area (Å²) in [5.41, 5.74) is 0. The van der Waals surface area contributed by atoms with Gasteiger partial charge in [0.15, 0.2) is 17.5 Å².